The summed E-state index contributed by atoms with van der Waals surface area (Å²) in [5.41, 5.74) is 3.39. The zero-order chi connectivity index (χ0) is 25.5. The van der Waals surface area contributed by atoms with Gasteiger partial charge in [0.25, 0.3) is 0 Å². The lowest BCUT2D eigenvalue weighted by atomic mass is 9.71. The maximum absolute atomic E-state index is 12.5. The van der Waals surface area contributed by atoms with Gasteiger partial charge in [-0.1, -0.05) is 54.6 Å². The second kappa shape index (κ2) is 8.78. The van der Waals surface area contributed by atoms with Crippen molar-refractivity contribution in [3.8, 4) is 22.5 Å². The first-order valence-electron chi connectivity index (χ1n) is 12.0. The number of rotatable bonds is 5. The van der Waals surface area contributed by atoms with Crippen LogP contribution in [-0.2, 0) is 10.3 Å². The number of carboxylic acid groups (broad SMARTS) is 1. The van der Waals surface area contributed by atoms with Gasteiger partial charge in [-0.2, -0.15) is 5.10 Å². The number of hydrogen-bond acceptors (Lipinski definition) is 5. The van der Waals surface area contributed by atoms with E-state index in [2.05, 4.69) is 10.4 Å². The summed E-state index contributed by atoms with van der Waals surface area (Å²) in [6.45, 7) is 5.54. The minimum atomic E-state index is -1.06. The van der Waals surface area contributed by atoms with Crippen molar-refractivity contribution in [3.05, 3.63) is 78.0 Å². The Morgan fingerprint density at radius 2 is 1.69 bits per heavy atom. The van der Waals surface area contributed by atoms with Crippen molar-refractivity contribution in [1.82, 2.24) is 19.9 Å². The predicted molar refractivity (Wildman–Crippen MR) is 136 cm³/mol. The van der Waals surface area contributed by atoms with Gasteiger partial charge in [0.15, 0.2) is 5.65 Å². The van der Waals surface area contributed by atoms with E-state index in [0.717, 1.165) is 36.0 Å². The van der Waals surface area contributed by atoms with E-state index in [-0.39, 0.29) is 11.2 Å². The first-order chi connectivity index (χ1) is 17.2. The molecule has 1 aliphatic rings. The van der Waals surface area contributed by atoms with Crippen molar-refractivity contribution >= 4 is 17.7 Å². The lowest BCUT2D eigenvalue weighted by molar-refractivity contribution is 0.0377. The number of hydrogen-bond donors (Lipinski definition) is 2. The Morgan fingerprint density at radius 1 is 1.00 bits per heavy atom. The maximum Gasteiger partial charge on any atom is 0.408 e. The fourth-order valence-corrected chi connectivity index (χ4v) is 4.63. The van der Waals surface area contributed by atoms with Gasteiger partial charge in [0.05, 0.1) is 11.2 Å². The minimum absolute atomic E-state index is 0.0834. The molecule has 1 saturated carbocycles. The lowest BCUT2D eigenvalue weighted by Crippen LogP contribution is -2.52. The van der Waals surface area contributed by atoms with Crippen molar-refractivity contribution in [2.75, 3.05) is 0 Å². The Kier molecular flexibility index (Phi) is 5.74. The van der Waals surface area contributed by atoms with Gasteiger partial charge < -0.3 is 15.2 Å². The van der Waals surface area contributed by atoms with Crippen LogP contribution in [0.1, 0.15) is 56.0 Å². The second-order valence-corrected chi connectivity index (χ2v) is 10.1. The van der Waals surface area contributed by atoms with Crippen LogP contribution >= 0.6 is 0 Å². The summed E-state index contributed by atoms with van der Waals surface area (Å²) >= 11 is 0. The average Bonchev–Trinajstić information content (AvgIpc) is 3.20. The van der Waals surface area contributed by atoms with Crippen LogP contribution in [0.15, 0.2) is 66.9 Å². The van der Waals surface area contributed by atoms with Gasteiger partial charge in [-0.05, 0) is 51.7 Å². The quantitative estimate of drug-likeness (QED) is 0.378. The highest BCUT2D eigenvalue weighted by Gasteiger charge is 2.41. The van der Waals surface area contributed by atoms with Crippen LogP contribution in [0, 0.1) is 0 Å². The molecule has 2 heterocycles. The number of ether oxygens (including phenoxy) is 1. The molecule has 2 N–H and O–H groups in total. The zero-order valence-corrected chi connectivity index (χ0v) is 20.5. The van der Waals surface area contributed by atoms with E-state index >= 15 is 0 Å². The van der Waals surface area contributed by atoms with Gasteiger partial charge in [-0.25, -0.2) is 19.1 Å². The van der Waals surface area contributed by atoms with E-state index in [9.17, 15) is 14.7 Å². The van der Waals surface area contributed by atoms with Crippen molar-refractivity contribution in [2.45, 2.75) is 51.2 Å². The van der Waals surface area contributed by atoms with Crippen molar-refractivity contribution < 1.29 is 19.4 Å². The van der Waals surface area contributed by atoms with Crippen LogP contribution in [0.2, 0.25) is 0 Å². The maximum atomic E-state index is 12.5. The van der Waals surface area contributed by atoms with Crippen LogP contribution < -0.4 is 5.32 Å². The number of alkyl carbamates (subject to hydrolysis) is 1. The molecule has 0 saturated heterocycles. The summed E-state index contributed by atoms with van der Waals surface area (Å²) in [6.07, 6.45) is 3.74. The molecule has 2 aromatic heterocycles. The topological polar surface area (TPSA) is 106 Å². The van der Waals surface area contributed by atoms with Gasteiger partial charge in [-0.15, -0.1) is 0 Å². The summed E-state index contributed by atoms with van der Waals surface area (Å²) in [7, 11) is 0. The highest BCUT2D eigenvalue weighted by Crippen LogP contribution is 2.42. The van der Waals surface area contributed by atoms with Crippen LogP contribution in [0.5, 0.6) is 0 Å². The number of benzene rings is 2. The number of nitrogens with zero attached hydrogens (tertiary/aromatic N) is 3. The molecule has 2 aromatic carbocycles. The van der Waals surface area contributed by atoms with Crippen molar-refractivity contribution in [3.63, 3.8) is 0 Å². The number of carbonyl (C=O) groups excluding carboxylic acids is 1. The molecular formula is C28H28N4O4. The van der Waals surface area contributed by atoms with Crippen molar-refractivity contribution in [1.29, 1.82) is 0 Å². The van der Waals surface area contributed by atoms with Crippen molar-refractivity contribution in [2.24, 2.45) is 0 Å². The van der Waals surface area contributed by atoms with Gasteiger partial charge >= 0.3 is 12.1 Å². The number of nitrogens with one attached hydrogen (secondary N) is 1. The molecule has 0 radical (unpaired) electrons. The largest absolute Gasteiger partial charge is 0.478 e. The third-order valence-corrected chi connectivity index (χ3v) is 6.45. The van der Waals surface area contributed by atoms with E-state index in [1.165, 1.54) is 12.3 Å². The number of carbonyl (C=O) groups is 2. The molecule has 5 rings (SSSR count). The molecule has 8 heteroatoms. The van der Waals surface area contributed by atoms with E-state index in [1.807, 2.05) is 75.4 Å². The molecule has 0 unspecified atom stereocenters. The average molecular weight is 485 g/mol. The van der Waals surface area contributed by atoms with Crippen LogP contribution in [-0.4, -0.2) is 37.4 Å². The lowest BCUT2D eigenvalue weighted by Gasteiger charge is -2.43. The van der Waals surface area contributed by atoms with E-state index in [1.54, 1.807) is 4.52 Å². The molecule has 184 valence electrons. The predicted octanol–water partition coefficient (Wildman–Crippen LogP) is 5.67. The fourth-order valence-electron chi connectivity index (χ4n) is 4.63. The van der Waals surface area contributed by atoms with Gasteiger partial charge in [0.2, 0.25) is 0 Å². The van der Waals surface area contributed by atoms with Gasteiger partial charge in [-0.3, -0.25) is 0 Å². The summed E-state index contributed by atoms with van der Waals surface area (Å²) in [4.78, 5) is 29.1. The third-order valence-electron chi connectivity index (χ3n) is 6.45. The monoisotopic (exact) mass is 484 g/mol. The molecule has 0 bridgehead atoms. The Bertz CT molecular complexity index is 1430. The number of fused-ring (bicyclic) bond motifs is 1. The fraction of sp³-hybridized carbons (Fsp3) is 0.286. The number of aromatic carboxylic acids is 1. The molecule has 4 aromatic rings. The van der Waals surface area contributed by atoms with Crippen LogP contribution in [0.3, 0.4) is 0 Å². The third kappa shape index (κ3) is 4.30. The summed E-state index contributed by atoms with van der Waals surface area (Å²) in [5, 5.41) is 17.2. The Balaban J connectivity index is 1.56. The normalized spacial score (nSPS) is 14.8. The SMILES string of the molecule is CC(C)(C)OC(=O)NC1(c2ccc(-c3nc4c(C(=O)O)ccnn4c3-c3ccccc3)cc2)CCC1. The molecule has 0 atom stereocenters. The summed E-state index contributed by atoms with van der Waals surface area (Å²) in [6, 6.07) is 19.0. The van der Waals surface area contributed by atoms with Gasteiger partial charge in [0.1, 0.15) is 16.9 Å². The highest BCUT2D eigenvalue weighted by atomic mass is 16.6. The second-order valence-electron chi connectivity index (χ2n) is 10.1. The smallest absolute Gasteiger partial charge is 0.408 e. The molecule has 36 heavy (non-hydrogen) atoms. The summed E-state index contributed by atoms with van der Waals surface area (Å²) in [5.74, 6) is -1.06. The number of amides is 1. The van der Waals surface area contributed by atoms with Crippen LogP contribution in [0.4, 0.5) is 4.79 Å². The first kappa shape index (κ1) is 23.5. The summed E-state index contributed by atoms with van der Waals surface area (Å²) < 4.78 is 7.08. The number of aromatic nitrogens is 3. The molecule has 1 amide bonds. The highest BCUT2D eigenvalue weighted by molar-refractivity contribution is 5.96. The first-order valence-corrected chi connectivity index (χ1v) is 12.0. The molecule has 1 aliphatic carbocycles. The molecule has 1 fully saturated rings. The van der Waals surface area contributed by atoms with Crippen LogP contribution in [0.25, 0.3) is 28.2 Å². The van der Waals surface area contributed by atoms with Gasteiger partial charge in [0, 0.05) is 17.3 Å². The number of imidazole rings is 1. The van der Waals surface area contributed by atoms with E-state index in [4.69, 9.17) is 9.72 Å². The number of carboxylic acids is 1. The molecular weight excluding hydrogens is 456 g/mol. The van der Waals surface area contributed by atoms with E-state index in [0.29, 0.717) is 11.4 Å². The minimum Gasteiger partial charge on any atom is -0.478 e. The molecule has 0 aliphatic heterocycles. The van der Waals surface area contributed by atoms with E-state index < -0.39 is 23.2 Å². The molecule has 0 spiro atoms. The zero-order valence-electron chi connectivity index (χ0n) is 20.5. The standard InChI is InChI=1S/C28H28N4O4/c1-27(2,3)36-26(35)31-28(15-7-16-28)20-12-10-18(11-13-20)22-23(19-8-5-4-6-9-19)32-24(30-22)21(25(33)34)14-17-29-32/h4-6,8-14,17H,7,15-16H2,1-3H3,(H,31,35)(H,33,34). The Hall–Kier alpha value is -4.20. The Morgan fingerprint density at radius 3 is 2.28 bits per heavy atom. The Labute approximate surface area is 208 Å². The molecule has 8 nitrogen and oxygen atoms in total.